The number of rotatable bonds is 3. The molecule has 21 heavy (non-hydrogen) atoms. The summed E-state index contributed by atoms with van der Waals surface area (Å²) in [5.74, 6) is 0.0303. The number of benzene rings is 1. The zero-order chi connectivity index (χ0) is 14.5. The van der Waals surface area contributed by atoms with E-state index in [4.69, 9.17) is 5.73 Å². The van der Waals surface area contributed by atoms with Crippen LogP contribution in [0.25, 0.3) is 0 Å². The molecule has 0 unspecified atom stereocenters. The Morgan fingerprint density at radius 2 is 1.62 bits per heavy atom. The van der Waals surface area contributed by atoms with Gasteiger partial charge in [0.15, 0.2) is 0 Å². The van der Waals surface area contributed by atoms with Crippen molar-refractivity contribution in [1.82, 2.24) is 9.80 Å². The third kappa shape index (κ3) is 4.72. The lowest BCUT2D eigenvalue weighted by molar-refractivity contribution is -0.139. The van der Waals surface area contributed by atoms with Gasteiger partial charge in [0.05, 0.1) is 6.04 Å². The summed E-state index contributed by atoms with van der Waals surface area (Å²) in [6.07, 6.45) is 0.548. The maximum Gasteiger partial charge on any atom is 0.239 e. The van der Waals surface area contributed by atoms with Crippen LogP contribution < -0.4 is 5.73 Å². The molecule has 1 fully saturated rings. The number of hydrogen-bond donors (Lipinski definition) is 1. The number of nitrogens with two attached hydrogens (primary N) is 1. The zero-order valence-corrected chi connectivity index (χ0v) is 13.0. The summed E-state index contributed by atoms with van der Waals surface area (Å²) in [7, 11) is 0. The number of carbonyl (C=O) groups excluding carboxylic acids is 2. The molecule has 0 bridgehead atoms. The fraction of sp³-hybridized carbons (Fsp3) is 0.467. The lowest BCUT2D eigenvalue weighted by atomic mass is 10.1. The molecular formula is C15H22ClN3O2. The van der Waals surface area contributed by atoms with E-state index in [1.807, 2.05) is 30.3 Å². The van der Waals surface area contributed by atoms with Gasteiger partial charge in [0.2, 0.25) is 11.8 Å². The van der Waals surface area contributed by atoms with Crippen LogP contribution in [0.15, 0.2) is 30.3 Å². The summed E-state index contributed by atoms with van der Waals surface area (Å²) in [5, 5.41) is 0. The van der Waals surface area contributed by atoms with Gasteiger partial charge in [-0.2, -0.15) is 0 Å². The van der Waals surface area contributed by atoms with E-state index in [-0.39, 0.29) is 24.2 Å². The fourth-order valence-electron chi connectivity index (χ4n) is 2.43. The van der Waals surface area contributed by atoms with E-state index in [0.717, 1.165) is 5.56 Å². The Hall–Kier alpha value is -1.59. The van der Waals surface area contributed by atoms with E-state index in [9.17, 15) is 9.59 Å². The van der Waals surface area contributed by atoms with Crippen molar-refractivity contribution in [2.45, 2.75) is 19.4 Å². The van der Waals surface area contributed by atoms with Crippen LogP contribution in [0, 0.1) is 0 Å². The first kappa shape index (κ1) is 17.5. The van der Waals surface area contributed by atoms with Gasteiger partial charge in [0, 0.05) is 33.1 Å². The quantitative estimate of drug-likeness (QED) is 0.892. The van der Waals surface area contributed by atoms with Gasteiger partial charge >= 0.3 is 0 Å². The van der Waals surface area contributed by atoms with Gasteiger partial charge in [-0.3, -0.25) is 9.59 Å². The summed E-state index contributed by atoms with van der Waals surface area (Å²) in [6.45, 7) is 3.89. The van der Waals surface area contributed by atoms with Crippen molar-refractivity contribution in [3.05, 3.63) is 35.9 Å². The molecule has 1 aromatic carbocycles. The highest BCUT2D eigenvalue weighted by atomic mass is 35.5. The molecule has 0 spiro atoms. The average molecular weight is 312 g/mol. The minimum absolute atomic E-state index is 0. The smallest absolute Gasteiger partial charge is 0.239 e. The van der Waals surface area contributed by atoms with Gasteiger partial charge in [-0.15, -0.1) is 12.4 Å². The number of amides is 2. The molecule has 1 aliphatic rings. The van der Waals surface area contributed by atoms with Gasteiger partial charge in [0.25, 0.3) is 0 Å². The Labute approximate surface area is 131 Å². The van der Waals surface area contributed by atoms with E-state index in [2.05, 4.69) is 0 Å². The maximum atomic E-state index is 12.3. The summed E-state index contributed by atoms with van der Waals surface area (Å²) in [6, 6.07) is 9.26. The van der Waals surface area contributed by atoms with E-state index in [1.165, 1.54) is 0 Å². The summed E-state index contributed by atoms with van der Waals surface area (Å²) in [4.78, 5) is 27.0. The highest BCUT2D eigenvalue weighted by Gasteiger charge is 2.25. The lowest BCUT2D eigenvalue weighted by Crippen LogP contribution is -2.54. The Bertz CT molecular complexity index is 473. The molecule has 2 amide bonds. The summed E-state index contributed by atoms with van der Waals surface area (Å²) >= 11 is 0. The van der Waals surface area contributed by atoms with Crippen LogP contribution in [0.4, 0.5) is 0 Å². The monoisotopic (exact) mass is 311 g/mol. The van der Waals surface area contributed by atoms with E-state index in [0.29, 0.717) is 32.6 Å². The van der Waals surface area contributed by atoms with Crippen molar-refractivity contribution in [3.63, 3.8) is 0 Å². The molecule has 1 aliphatic heterocycles. The van der Waals surface area contributed by atoms with Crippen LogP contribution in [-0.2, 0) is 16.0 Å². The molecule has 0 aromatic heterocycles. The Morgan fingerprint density at radius 1 is 1.10 bits per heavy atom. The first-order valence-corrected chi connectivity index (χ1v) is 6.91. The van der Waals surface area contributed by atoms with Gasteiger partial charge in [-0.25, -0.2) is 0 Å². The molecule has 1 saturated heterocycles. The summed E-state index contributed by atoms with van der Waals surface area (Å²) in [5.41, 5.74) is 7.07. The Kier molecular flexibility index (Phi) is 6.65. The topological polar surface area (TPSA) is 66.6 Å². The summed E-state index contributed by atoms with van der Waals surface area (Å²) < 4.78 is 0. The Morgan fingerprint density at radius 3 is 2.14 bits per heavy atom. The van der Waals surface area contributed by atoms with E-state index < -0.39 is 6.04 Å². The van der Waals surface area contributed by atoms with Crippen LogP contribution in [0.3, 0.4) is 0 Å². The second-order valence-corrected chi connectivity index (χ2v) is 5.13. The van der Waals surface area contributed by atoms with Crippen molar-refractivity contribution < 1.29 is 9.59 Å². The highest BCUT2D eigenvalue weighted by Crippen LogP contribution is 2.07. The van der Waals surface area contributed by atoms with Crippen LogP contribution in [-0.4, -0.2) is 53.8 Å². The zero-order valence-electron chi connectivity index (χ0n) is 12.2. The van der Waals surface area contributed by atoms with Crippen LogP contribution >= 0.6 is 12.4 Å². The van der Waals surface area contributed by atoms with Crippen LogP contribution in [0.1, 0.15) is 12.5 Å². The molecule has 1 aromatic rings. The van der Waals surface area contributed by atoms with Crippen molar-refractivity contribution >= 4 is 24.2 Å². The van der Waals surface area contributed by atoms with Crippen molar-refractivity contribution in [1.29, 1.82) is 0 Å². The lowest BCUT2D eigenvalue weighted by Gasteiger charge is -2.35. The van der Waals surface area contributed by atoms with Crippen LogP contribution in [0.2, 0.25) is 0 Å². The fourth-order valence-corrected chi connectivity index (χ4v) is 2.43. The Balaban J connectivity index is 0.00000220. The molecule has 0 aliphatic carbocycles. The van der Waals surface area contributed by atoms with Gasteiger partial charge in [0.1, 0.15) is 0 Å². The largest absolute Gasteiger partial charge is 0.339 e. The van der Waals surface area contributed by atoms with Gasteiger partial charge in [-0.05, 0) is 12.0 Å². The van der Waals surface area contributed by atoms with Gasteiger partial charge < -0.3 is 15.5 Å². The minimum atomic E-state index is -0.513. The molecule has 1 atom stereocenters. The molecule has 1 heterocycles. The standard InChI is InChI=1S/C15H21N3O2.ClH/c1-12(19)17-7-9-18(10-8-17)15(20)14(16)11-13-5-3-2-4-6-13;/h2-6,14H,7-11,16H2,1H3;1H/t14-;/m0./s1. The molecule has 0 radical (unpaired) electrons. The second-order valence-electron chi connectivity index (χ2n) is 5.13. The first-order valence-electron chi connectivity index (χ1n) is 6.91. The third-order valence-electron chi connectivity index (χ3n) is 3.65. The minimum Gasteiger partial charge on any atom is -0.339 e. The number of carbonyl (C=O) groups is 2. The number of piperazine rings is 1. The van der Waals surface area contributed by atoms with Crippen molar-refractivity contribution in [2.24, 2.45) is 5.73 Å². The molecule has 0 saturated carbocycles. The SMILES string of the molecule is CC(=O)N1CCN(C(=O)[C@@H](N)Cc2ccccc2)CC1.Cl. The van der Waals surface area contributed by atoms with Crippen molar-refractivity contribution in [3.8, 4) is 0 Å². The van der Waals surface area contributed by atoms with E-state index >= 15 is 0 Å². The average Bonchev–Trinajstić information content (AvgIpc) is 2.47. The number of nitrogens with zero attached hydrogens (tertiary/aromatic N) is 2. The molecule has 6 heteroatoms. The molecular weight excluding hydrogens is 290 g/mol. The number of halogens is 1. The molecule has 116 valence electrons. The first-order chi connectivity index (χ1) is 9.58. The van der Waals surface area contributed by atoms with Crippen molar-refractivity contribution in [2.75, 3.05) is 26.2 Å². The normalized spacial score (nSPS) is 16.1. The molecule has 2 rings (SSSR count). The predicted molar refractivity (Wildman–Crippen MR) is 84.2 cm³/mol. The second kappa shape index (κ2) is 8.00. The molecule has 2 N–H and O–H groups in total. The van der Waals surface area contributed by atoms with Gasteiger partial charge in [-0.1, -0.05) is 30.3 Å². The van der Waals surface area contributed by atoms with Crippen LogP contribution in [0.5, 0.6) is 0 Å². The number of hydrogen-bond acceptors (Lipinski definition) is 3. The predicted octanol–water partition coefficient (Wildman–Crippen LogP) is 0.669. The third-order valence-corrected chi connectivity index (χ3v) is 3.65. The maximum absolute atomic E-state index is 12.3. The van der Waals surface area contributed by atoms with E-state index in [1.54, 1.807) is 16.7 Å². The highest BCUT2D eigenvalue weighted by molar-refractivity contribution is 5.85. The molecule has 5 nitrogen and oxygen atoms in total.